The van der Waals surface area contributed by atoms with Crippen LogP contribution in [0.5, 0.6) is 0 Å². The van der Waals surface area contributed by atoms with Gasteiger partial charge in [-0.1, -0.05) is 62.5 Å². The van der Waals surface area contributed by atoms with Crippen molar-refractivity contribution < 1.29 is 14.3 Å². The Morgan fingerprint density at radius 2 is 2.04 bits per heavy atom. The third kappa shape index (κ3) is 5.21. The second-order valence-electron chi connectivity index (χ2n) is 7.05. The number of carbonyl (C=O) groups excluding carboxylic acids is 2. The fourth-order valence-electron chi connectivity index (χ4n) is 3.13. The van der Waals surface area contributed by atoms with Crippen LogP contribution in [0.25, 0.3) is 0 Å². The molecule has 26 heavy (non-hydrogen) atoms. The molecule has 0 aliphatic heterocycles. The van der Waals surface area contributed by atoms with E-state index >= 15 is 0 Å². The van der Waals surface area contributed by atoms with Gasteiger partial charge in [-0.05, 0) is 42.9 Å². The van der Waals surface area contributed by atoms with Gasteiger partial charge in [-0.3, -0.25) is 9.59 Å². The van der Waals surface area contributed by atoms with E-state index in [0.717, 1.165) is 40.1 Å². The van der Waals surface area contributed by atoms with Crippen LogP contribution in [0, 0.1) is 5.41 Å². The summed E-state index contributed by atoms with van der Waals surface area (Å²) in [6.07, 6.45) is 5.93. The number of allylic oxidation sites excluding steroid dienone is 2. The highest BCUT2D eigenvalue weighted by Gasteiger charge is 2.34. The topological polar surface area (TPSA) is 43.4 Å². The normalized spacial score (nSPS) is 19.8. The van der Waals surface area contributed by atoms with Gasteiger partial charge in [-0.15, -0.1) is 0 Å². The summed E-state index contributed by atoms with van der Waals surface area (Å²) in [4.78, 5) is 25.7. The van der Waals surface area contributed by atoms with E-state index in [4.69, 9.17) is 4.74 Å². The summed E-state index contributed by atoms with van der Waals surface area (Å²) in [5.41, 5.74) is 1.47. The predicted octanol–water partition coefficient (Wildman–Crippen LogP) is 5.49. The molecule has 2 rings (SSSR count). The Labute approximate surface area is 160 Å². The lowest BCUT2D eigenvalue weighted by Crippen LogP contribution is -2.31. The lowest BCUT2D eigenvalue weighted by atomic mass is 9.72. The van der Waals surface area contributed by atoms with Gasteiger partial charge < -0.3 is 4.74 Å². The van der Waals surface area contributed by atoms with E-state index < -0.39 is 0 Å². The highest BCUT2D eigenvalue weighted by molar-refractivity contribution is 8.03. The van der Waals surface area contributed by atoms with Crippen molar-refractivity contribution in [1.29, 1.82) is 0 Å². The first-order valence-corrected chi connectivity index (χ1v) is 9.60. The zero-order chi connectivity index (χ0) is 19.2. The predicted molar refractivity (Wildman–Crippen MR) is 107 cm³/mol. The highest BCUT2D eigenvalue weighted by Crippen LogP contribution is 2.40. The van der Waals surface area contributed by atoms with Crippen molar-refractivity contribution in [2.75, 3.05) is 0 Å². The second-order valence-corrected chi connectivity index (χ2v) is 8.19. The van der Waals surface area contributed by atoms with Crippen molar-refractivity contribution in [2.24, 2.45) is 5.41 Å². The minimum Gasteiger partial charge on any atom is -0.458 e. The van der Waals surface area contributed by atoms with Crippen LogP contribution in [0.4, 0.5) is 0 Å². The maximum atomic E-state index is 12.3. The Morgan fingerprint density at radius 1 is 1.35 bits per heavy atom. The first-order valence-electron chi connectivity index (χ1n) is 8.79. The molecule has 0 unspecified atom stereocenters. The van der Waals surface area contributed by atoms with Crippen LogP contribution in [-0.2, 0) is 14.3 Å². The largest absolute Gasteiger partial charge is 0.458 e. The maximum absolute atomic E-state index is 12.3. The van der Waals surface area contributed by atoms with E-state index in [2.05, 4.69) is 20.4 Å². The van der Waals surface area contributed by atoms with Crippen molar-refractivity contribution in [2.45, 2.75) is 51.0 Å². The molecule has 1 aliphatic rings. The van der Waals surface area contributed by atoms with Gasteiger partial charge in [0.15, 0.2) is 0 Å². The molecule has 0 bridgehead atoms. The smallest absolute Gasteiger partial charge is 0.310 e. The summed E-state index contributed by atoms with van der Waals surface area (Å²) in [6.45, 7) is 9.81. The monoisotopic (exact) mass is 370 g/mol. The van der Waals surface area contributed by atoms with Crippen LogP contribution in [0.3, 0.4) is 0 Å². The molecule has 0 spiro atoms. The fourth-order valence-corrected chi connectivity index (χ4v) is 3.95. The highest BCUT2D eigenvalue weighted by atomic mass is 32.2. The molecule has 0 saturated heterocycles. The van der Waals surface area contributed by atoms with Crippen molar-refractivity contribution in [3.8, 4) is 0 Å². The second kappa shape index (κ2) is 9.04. The maximum Gasteiger partial charge on any atom is 0.310 e. The Kier molecular flexibility index (Phi) is 7.04. The van der Waals surface area contributed by atoms with E-state index in [-0.39, 0.29) is 23.9 Å². The minimum atomic E-state index is -0.307. The molecule has 1 aromatic rings. The van der Waals surface area contributed by atoms with Crippen LogP contribution in [0.15, 0.2) is 70.0 Å². The van der Waals surface area contributed by atoms with Crippen LogP contribution < -0.4 is 0 Å². The van der Waals surface area contributed by atoms with Gasteiger partial charge in [0.1, 0.15) is 12.4 Å². The molecule has 3 nitrogen and oxygen atoms in total. The first-order chi connectivity index (χ1) is 12.4. The van der Waals surface area contributed by atoms with Crippen LogP contribution >= 0.6 is 11.8 Å². The molecule has 1 atom stereocenters. The zero-order valence-corrected chi connectivity index (χ0v) is 16.5. The summed E-state index contributed by atoms with van der Waals surface area (Å²) in [6, 6.07) is 9.94. The van der Waals surface area contributed by atoms with Gasteiger partial charge in [-0.25, -0.2) is 0 Å². The Hall–Kier alpha value is -2.07. The van der Waals surface area contributed by atoms with E-state index in [1.165, 1.54) is 0 Å². The minimum absolute atomic E-state index is 0.156. The zero-order valence-electron chi connectivity index (χ0n) is 15.7. The molecular formula is C22H26O3S. The lowest BCUT2D eigenvalue weighted by molar-refractivity contribution is -0.147. The summed E-state index contributed by atoms with van der Waals surface area (Å²) >= 11 is 1.56. The number of aldehydes is 1. The first kappa shape index (κ1) is 20.2. The standard InChI is InChI=1S/C22H26O3S/c1-5-17(26-18-9-7-6-8-10-18)11-12-21(24)25-20-13-14-22(3,4)19(15-23)16(20)2/h5-11,15,20H,1,12-14H2,2-4H3/b17-11-/t20-/m1/s1. The molecule has 1 aliphatic carbocycles. The molecule has 138 valence electrons. The van der Waals surface area contributed by atoms with Crippen LogP contribution in [0.2, 0.25) is 0 Å². The summed E-state index contributed by atoms with van der Waals surface area (Å²) in [5.74, 6) is -0.285. The molecule has 0 amide bonds. The molecule has 0 saturated carbocycles. The number of hydrogen-bond acceptors (Lipinski definition) is 4. The summed E-state index contributed by atoms with van der Waals surface area (Å²) in [7, 11) is 0. The fraction of sp³-hybridized carbons (Fsp3) is 0.364. The molecule has 1 aromatic carbocycles. The van der Waals surface area contributed by atoms with E-state index in [1.54, 1.807) is 17.8 Å². The van der Waals surface area contributed by atoms with Gasteiger partial charge in [0.25, 0.3) is 0 Å². The summed E-state index contributed by atoms with van der Waals surface area (Å²) < 4.78 is 5.63. The molecular weight excluding hydrogens is 344 g/mol. The number of esters is 1. The third-order valence-corrected chi connectivity index (χ3v) is 5.79. The molecule has 4 heteroatoms. The average molecular weight is 371 g/mol. The van der Waals surface area contributed by atoms with Crippen LogP contribution in [0.1, 0.15) is 40.0 Å². The van der Waals surface area contributed by atoms with Crippen LogP contribution in [-0.4, -0.2) is 18.4 Å². The van der Waals surface area contributed by atoms with Crippen molar-refractivity contribution in [1.82, 2.24) is 0 Å². The quantitative estimate of drug-likeness (QED) is 0.276. The van der Waals surface area contributed by atoms with E-state index in [0.29, 0.717) is 0 Å². The number of rotatable bonds is 7. The molecule has 0 aromatic heterocycles. The third-order valence-electron chi connectivity index (χ3n) is 4.71. The van der Waals surface area contributed by atoms with Crippen molar-refractivity contribution in [3.05, 3.63) is 65.1 Å². The van der Waals surface area contributed by atoms with E-state index in [1.807, 2.05) is 43.3 Å². The Bertz CT molecular complexity index is 729. The van der Waals surface area contributed by atoms with Gasteiger partial charge >= 0.3 is 5.97 Å². The molecule has 0 heterocycles. The SMILES string of the molecule is C=C/C(=C/CC(=O)O[C@@H]1CCC(C)(C)C(C=O)=C1C)Sc1ccccc1. The van der Waals surface area contributed by atoms with Gasteiger partial charge in [0, 0.05) is 15.4 Å². The van der Waals surface area contributed by atoms with Crippen molar-refractivity contribution in [3.63, 3.8) is 0 Å². The molecule has 0 N–H and O–H groups in total. The molecule has 0 radical (unpaired) electrons. The van der Waals surface area contributed by atoms with Gasteiger partial charge in [-0.2, -0.15) is 0 Å². The van der Waals surface area contributed by atoms with E-state index in [9.17, 15) is 9.59 Å². The number of benzene rings is 1. The Morgan fingerprint density at radius 3 is 2.65 bits per heavy atom. The van der Waals surface area contributed by atoms with Gasteiger partial charge in [0.2, 0.25) is 0 Å². The Balaban J connectivity index is 1.99. The summed E-state index contributed by atoms with van der Waals surface area (Å²) in [5, 5.41) is 0. The average Bonchev–Trinajstić information content (AvgIpc) is 2.62. The lowest BCUT2D eigenvalue weighted by Gasteiger charge is -2.35. The number of carbonyl (C=O) groups is 2. The molecule has 0 fully saturated rings. The van der Waals surface area contributed by atoms with Gasteiger partial charge in [0.05, 0.1) is 6.42 Å². The van der Waals surface area contributed by atoms with Crippen molar-refractivity contribution >= 4 is 24.0 Å². The number of ether oxygens (including phenoxy) is 1. The number of thioether (sulfide) groups is 1. The number of hydrogen-bond donors (Lipinski definition) is 0.